The van der Waals surface area contributed by atoms with E-state index in [0.717, 1.165) is 67.5 Å². The second-order valence-electron chi connectivity index (χ2n) is 39.0. The summed E-state index contributed by atoms with van der Waals surface area (Å²) in [4.78, 5) is 2.57. The van der Waals surface area contributed by atoms with Crippen LogP contribution in [0.5, 0.6) is 11.5 Å². The largest absolute Gasteiger partial charge is 0.453 e. The Morgan fingerprint density at radius 3 is 0.778 bits per heavy atom. The number of anilines is 3. The molecule has 4 aliphatic carbocycles. The highest BCUT2D eigenvalue weighted by Gasteiger charge is 2.46. The van der Waals surface area contributed by atoms with Crippen molar-refractivity contribution in [3.8, 4) is 134 Å². The molecular weight excluding hydrogens is 1520 g/mol. The Balaban J connectivity index is 0.683. The summed E-state index contributed by atoms with van der Waals surface area (Å²) in [5.41, 5.74) is 42.2. The van der Waals surface area contributed by atoms with E-state index in [9.17, 15) is 0 Å². The fourth-order valence-corrected chi connectivity index (χ4v) is 23.4. The first kappa shape index (κ1) is 84.2. The summed E-state index contributed by atoms with van der Waals surface area (Å²) < 4.78 is 7.39. The standard InChI is InChI=1S/C124H129NO/c1-9-13-17-21-25-42-72-123(73-43-26-22-18-14-10-2)108-54-40-38-52-98(108)104-68-60-93(82-114(104)123)89-56-64-100-102-66-58-91(80-112(102)121(5,6)110(100)78-89)95-62-70-118-116(84-95)125(120-106(87-48-34-30-35-49-87)76-97(86-46-32-29-33-47-86)77-107(120)88-50-36-31-37-51-88)117-85-96(63-71-119(117)126-118)92-59-67-103-101-65-57-90(79-111(101)122(7,8)113(103)81-92)94-61-69-105-99-53-39-41-55-109(99)124(115(105)83-94,74-44-27-23-19-15-11-3)75-45-28-24-20-16-12-4/h29-41,46-71,76-85H,9-28,42-45,72-75H2,1-8H3. The molecule has 14 aromatic rings. The highest BCUT2D eigenvalue weighted by molar-refractivity contribution is 6.04. The van der Waals surface area contributed by atoms with Crippen LogP contribution in [-0.4, -0.2) is 0 Å². The maximum atomic E-state index is 7.39. The van der Waals surface area contributed by atoms with Crippen LogP contribution in [0.4, 0.5) is 17.1 Å². The summed E-state index contributed by atoms with van der Waals surface area (Å²) in [6.07, 6.45) is 36.4. The van der Waals surface area contributed by atoms with Crippen molar-refractivity contribution in [1.82, 2.24) is 0 Å². The molecule has 126 heavy (non-hydrogen) atoms. The van der Waals surface area contributed by atoms with Crippen LogP contribution < -0.4 is 9.64 Å². The number of rotatable bonds is 36. The van der Waals surface area contributed by atoms with E-state index in [1.54, 1.807) is 22.3 Å². The molecule has 0 unspecified atom stereocenters. The van der Waals surface area contributed by atoms with Gasteiger partial charge in [0, 0.05) is 32.8 Å². The second-order valence-corrected chi connectivity index (χ2v) is 39.0. The smallest absolute Gasteiger partial charge is 0.151 e. The van der Waals surface area contributed by atoms with Gasteiger partial charge in [0.1, 0.15) is 0 Å². The van der Waals surface area contributed by atoms with Gasteiger partial charge < -0.3 is 9.64 Å². The van der Waals surface area contributed by atoms with Gasteiger partial charge >= 0.3 is 0 Å². The fraction of sp³-hybridized carbons (Fsp3) is 0.323. The Morgan fingerprint density at radius 1 is 0.198 bits per heavy atom. The van der Waals surface area contributed by atoms with Crippen LogP contribution in [0.15, 0.2) is 297 Å². The van der Waals surface area contributed by atoms with Gasteiger partial charge in [0.2, 0.25) is 0 Å². The average Bonchev–Trinajstić information content (AvgIpc) is 1.37. The molecule has 5 aliphatic rings. The molecule has 0 fully saturated rings. The lowest BCUT2D eigenvalue weighted by Gasteiger charge is -2.36. The molecule has 0 spiro atoms. The number of nitrogens with zero attached hydrogens (tertiary/aromatic N) is 1. The zero-order valence-corrected chi connectivity index (χ0v) is 76.4. The molecule has 0 aromatic heterocycles. The SMILES string of the molecule is CCCCCCCCC1(CCCCCCCC)c2ccccc2-c2ccc(-c3ccc4c(c3)C(C)(C)c3cc(-c5ccc6c(c5)N(c5c(-c7ccccc7)cc(-c7ccccc7)cc5-c5ccccc5)c5cc(-c7ccc8c(c7)C(C)(C)c7cc(-c9ccc%10c(c9)C(CCCCCCCC)(CCCCCCCC)c9ccccc9-%10)ccc7-8)ccc5O6)ccc3-4)cc21. The molecule has 0 radical (unpaired) electrons. The van der Waals surface area contributed by atoms with Gasteiger partial charge in [-0.2, -0.15) is 0 Å². The number of hydrogen-bond donors (Lipinski definition) is 0. The predicted octanol–water partition coefficient (Wildman–Crippen LogP) is 37.1. The van der Waals surface area contributed by atoms with E-state index in [0.29, 0.717) is 0 Å². The van der Waals surface area contributed by atoms with Gasteiger partial charge in [-0.25, -0.2) is 0 Å². The van der Waals surface area contributed by atoms with Crippen molar-refractivity contribution in [2.45, 2.75) is 257 Å². The lowest BCUT2D eigenvalue weighted by atomic mass is 9.70. The maximum absolute atomic E-state index is 7.39. The van der Waals surface area contributed by atoms with Gasteiger partial charge in [-0.05, 0) is 254 Å². The van der Waals surface area contributed by atoms with E-state index >= 15 is 0 Å². The lowest BCUT2D eigenvalue weighted by Crippen LogP contribution is -2.25. The van der Waals surface area contributed by atoms with Gasteiger partial charge in [0.05, 0.1) is 17.1 Å². The summed E-state index contributed by atoms with van der Waals surface area (Å²) >= 11 is 0. The van der Waals surface area contributed by atoms with E-state index in [4.69, 9.17) is 4.74 Å². The molecule has 636 valence electrons. The predicted molar refractivity (Wildman–Crippen MR) is 539 cm³/mol. The minimum absolute atomic E-state index is 0.0171. The monoisotopic (exact) mass is 1650 g/mol. The van der Waals surface area contributed by atoms with Crippen LogP contribution in [0.3, 0.4) is 0 Å². The molecule has 1 heterocycles. The number of fused-ring (bicyclic) bond motifs is 14. The molecule has 14 aromatic carbocycles. The molecule has 2 nitrogen and oxygen atoms in total. The maximum Gasteiger partial charge on any atom is 0.151 e. The quantitative estimate of drug-likeness (QED) is 0.0363. The molecule has 0 amide bonds. The minimum Gasteiger partial charge on any atom is -0.453 e. The van der Waals surface area contributed by atoms with E-state index in [1.807, 2.05) is 0 Å². The normalized spacial score (nSPS) is 14.4. The van der Waals surface area contributed by atoms with Crippen molar-refractivity contribution >= 4 is 17.1 Å². The van der Waals surface area contributed by atoms with Crippen molar-refractivity contribution in [2.24, 2.45) is 0 Å². The Bertz CT molecular complexity index is 5880. The fourth-order valence-electron chi connectivity index (χ4n) is 23.4. The number of benzene rings is 14. The van der Waals surface area contributed by atoms with Gasteiger partial charge in [0.25, 0.3) is 0 Å². The summed E-state index contributed by atoms with van der Waals surface area (Å²) in [5.74, 6) is 1.62. The van der Waals surface area contributed by atoms with E-state index in [1.165, 1.54) is 285 Å². The first-order valence-electron chi connectivity index (χ1n) is 49.0. The highest BCUT2D eigenvalue weighted by Crippen LogP contribution is 2.62. The lowest BCUT2D eigenvalue weighted by molar-refractivity contribution is 0.398. The zero-order chi connectivity index (χ0) is 85.9. The van der Waals surface area contributed by atoms with E-state index < -0.39 is 0 Å². The second kappa shape index (κ2) is 36.6. The van der Waals surface area contributed by atoms with Gasteiger partial charge in [-0.3, -0.25) is 0 Å². The molecule has 0 saturated carbocycles. The minimum atomic E-state index is -0.278. The molecule has 1 aliphatic heterocycles. The van der Waals surface area contributed by atoms with Crippen LogP contribution in [0.2, 0.25) is 0 Å². The van der Waals surface area contributed by atoms with Crippen LogP contribution in [0, 0.1) is 0 Å². The van der Waals surface area contributed by atoms with Crippen LogP contribution >= 0.6 is 0 Å². The summed E-state index contributed by atoms with van der Waals surface area (Å²) in [5, 5.41) is 0. The number of hydrogen-bond acceptors (Lipinski definition) is 2. The van der Waals surface area contributed by atoms with Crippen molar-refractivity contribution in [1.29, 1.82) is 0 Å². The van der Waals surface area contributed by atoms with Crippen molar-refractivity contribution in [3.05, 3.63) is 342 Å². The van der Waals surface area contributed by atoms with Crippen LogP contribution in [0.25, 0.3) is 122 Å². The van der Waals surface area contributed by atoms with Gasteiger partial charge in [-0.15, -0.1) is 0 Å². The highest BCUT2D eigenvalue weighted by atomic mass is 16.5. The van der Waals surface area contributed by atoms with Crippen LogP contribution in [-0.2, 0) is 21.7 Å². The Labute approximate surface area is 754 Å². The molecule has 19 rings (SSSR count). The Hall–Kier alpha value is -11.3. The molecule has 0 N–H and O–H groups in total. The first-order valence-corrected chi connectivity index (χ1v) is 49.0. The zero-order valence-electron chi connectivity index (χ0n) is 76.4. The summed E-state index contributed by atoms with van der Waals surface area (Å²) in [7, 11) is 0. The Kier molecular flexibility index (Phi) is 24.4. The number of ether oxygens (including phenoxy) is 1. The topological polar surface area (TPSA) is 12.5 Å². The molecule has 0 bridgehead atoms. The number of unbranched alkanes of at least 4 members (excludes halogenated alkanes) is 20. The molecule has 0 atom stereocenters. The summed E-state index contributed by atoms with van der Waals surface area (Å²) in [6, 6.07) is 116. The van der Waals surface area contributed by atoms with Crippen LogP contribution in [0.1, 0.15) is 280 Å². The summed E-state index contributed by atoms with van der Waals surface area (Å²) in [6.45, 7) is 19.2. The molecule has 2 heteroatoms. The third kappa shape index (κ3) is 15.8. The van der Waals surface area contributed by atoms with Crippen molar-refractivity contribution < 1.29 is 4.74 Å². The van der Waals surface area contributed by atoms with Crippen molar-refractivity contribution in [2.75, 3.05) is 4.90 Å². The Morgan fingerprint density at radius 2 is 0.452 bits per heavy atom. The third-order valence-electron chi connectivity index (χ3n) is 30.3. The van der Waals surface area contributed by atoms with Gasteiger partial charge in [-0.1, -0.05) is 434 Å². The first-order chi connectivity index (χ1) is 61.8. The van der Waals surface area contributed by atoms with E-state index in [-0.39, 0.29) is 21.7 Å². The molecule has 0 saturated heterocycles. The van der Waals surface area contributed by atoms with E-state index in [2.05, 4.69) is 358 Å². The third-order valence-corrected chi connectivity index (χ3v) is 30.3. The van der Waals surface area contributed by atoms with Crippen molar-refractivity contribution in [3.63, 3.8) is 0 Å². The van der Waals surface area contributed by atoms with Gasteiger partial charge in [0.15, 0.2) is 11.5 Å². The molecular formula is C124H129NO. The average molecular weight is 1650 g/mol.